The number of anilines is 1. The second-order valence-corrected chi connectivity index (χ2v) is 6.83. The average molecular weight is 360 g/mol. The van der Waals surface area contributed by atoms with Gasteiger partial charge in [0.25, 0.3) is 10.0 Å². The summed E-state index contributed by atoms with van der Waals surface area (Å²) in [6.07, 6.45) is 0. The van der Waals surface area contributed by atoms with Crippen LogP contribution in [0.3, 0.4) is 0 Å². The topological polar surface area (TPSA) is 95.1 Å². The molecule has 0 saturated carbocycles. The highest BCUT2D eigenvalue weighted by Crippen LogP contribution is 2.25. The third-order valence-electron chi connectivity index (χ3n) is 2.80. The van der Waals surface area contributed by atoms with Crippen LogP contribution in [0, 0.1) is 13.8 Å². The Labute approximate surface area is 125 Å². The van der Waals surface area contributed by atoms with Crippen LogP contribution in [0.5, 0.6) is 0 Å². The van der Waals surface area contributed by atoms with E-state index in [0.29, 0.717) is 11.4 Å². The lowest BCUT2D eigenvalue weighted by molar-refractivity contribution is 0.273. The molecule has 0 unspecified atom stereocenters. The quantitative estimate of drug-likeness (QED) is 0.778. The molecule has 8 heteroatoms. The summed E-state index contributed by atoms with van der Waals surface area (Å²) >= 11 is 3.35. The summed E-state index contributed by atoms with van der Waals surface area (Å²) in [5, 5.41) is 15.5. The lowest BCUT2D eigenvalue weighted by atomic mass is 10.2. The van der Waals surface area contributed by atoms with E-state index < -0.39 is 16.6 Å². The van der Waals surface area contributed by atoms with Gasteiger partial charge in [-0.25, -0.2) is 8.42 Å². The average Bonchev–Trinajstić information content (AvgIpc) is 2.75. The zero-order chi connectivity index (χ0) is 14.9. The Morgan fingerprint density at radius 3 is 2.70 bits per heavy atom. The summed E-state index contributed by atoms with van der Waals surface area (Å²) in [4.78, 5) is -0.0169. The standard InChI is InChI=1S/C12H14BrN3O3S/c1-7-3-4-9(5-10(7)13)16-20(18,19)12-8(2)14-15-11(12)6-17/h3-5,16-17H,6H2,1-2H3,(H,14,15). The van der Waals surface area contributed by atoms with Crippen molar-refractivity contribution in [3.63, 3.8) is 0 Å². The fourth-order valence-corrected chi connectivity index (χ4v) is 3.58. The molecule has 0 aliphatic heterocycles. The molecule has 6 nitrogen and oxygen atoms in total. The Balaban J connectivity index is 2.40. The number of sulfonamides is 1. The zero-order valence-electron chi connectivity index (χ0n) is 10.9. The number of aromatic nitrogens is 2. The van der Waals surface area contributed by atoms with Crippen LogP contribution in [0.2, 0.25) is 0 Å². The first-order valence-electron chi connectivity index (χ1n) is 5.79. The maximum Gasteiger partial charge on any atom is 0.265 e. The second kappa shape index (κ2) is 5.55. The van der Waals surface area contributed by atoms with Gasteiger partial charge in [-0.05, 0) is 31.5 Å². The van der Waals surface area contributed by atoms with Gasteiger partial charge in [-0.15, -0.1) is 0 Å². The molecule has 0 radical (unpaired) electrons. The fraction of sp³-hybridized carbons (Fsp3) is 0.250. The fourth-order valence-electron chi connectivity index (χ4n) is 1.80. The number of H-pyrrole nitrogens is 1. The Morgan fingerprint density at radius 2 is 2.10 bits per heavy atom. The number of hydrogen-bond donors (Lipinski definition) is 3. The number of benzene rings is 1. The Kier molecular flexibility index (Phi) is 4.17. The predicted octanol–water partition coefficient (Wildman–Crippen LogP) is 2.08. The van der Waals surface area contributed by atoms with Crippen LogP contribution in [-0.2, 0) is 16.6 Å². The van der Waals surface area contributed by atoms with Gasteiger partial charge < -0.3 is 5.11 Å². The molecular formula is C12H14BrN3O3S. The van der Waals surface area contributed by atoms with Gasteiger partial charge in [0.05, 0.1) is 12.3 Å². The third kappa shape index (κ3) is 2.87. The van der Waals surface area contributed by atoms with Crippen LogP contribution in [0.25, 0.3) is 0 Å². The van der Waals surface area contributed by atoms with Crippen molar-refractivity contribution in [1.29, 1.82) is 0 Å². The van der Waals surface area contributed by atoms with Crippen molar-refractivity contribution in [2.24, 2.45) is 0 Å². The molecule has 20 heavy (non-hydrogen) atoms. The van der Waals surface area contributed by atoms with E-state index in [4.69, 9.17) is 5.11 Å². The molecule has 0 aliphatic carbocycles. The molecule has 2 rings (SSSR count). The van der Waals surface area contributed by atoms with Crippen molar-refractivity contribution >= 4 is 31.6 Å². The van der Waals surface area contributed by atoms with E-state index in [1.807, 2.05) is 6.92 Å². The Hall–Kier alpha value is -1.38. The number of aromatic amines is 1. The highest BCUT2D eigenvalue weighted by molar-refractivity contribution is 9.10. The number of nitrogens with one attached hydrogen (secondary N) is 2. The normalized spacial score (nSPS) is 11.6. The van der Waals surface area contributed by atoms with Gasteiger partial charge in [0.2, 0.25) is 0 Å². The lowest BCUT2D eigenvalue weighted by Crippen LogP contribution is -2.15. The molecule has 0 fully saturated rings. The van der Waals surface area contributed by atoms with Gasteiger partial charge in [-0.2, -0.15) is 5.10 Å². The van der Waals surface area contributed by atoms with E-state index in [-0.39, 0.29) is 10.6 Å². The van der Waals surface area contributed by atoms with E-state index in [9.17, 15) is 8.42 Å². The number of aliphatic hydroxyl groups is 1. The molecule has 1 aromatic carbocycles. The number of halogens is 1. The van der Waals surface area contributed by atoms with E-state index in [1.54, 1.807) is 25.1 Å². The zero-order valence-corrected chi connectivity index (χ0v) is 13.3. The molecule has 3 N–H and O–H groups in total. The van der Waals surface area contributed by atoms with Gasteiger partial charge in [0, 0.05) is 10.2 Å². The largest absolute Gasteiger partial charge is 0.390 e. The van der Waals surface area contributed by atoms with Crippen LogP contribution in [0.15, 0.2) is 27.6 Å². The van der Waals surface area contributed by atoms with Crippen molar-refractivity contribution in [2.75, 3.05) is 4.72 Å². The summed E-state index contributed by atoms with van der Waals surface area (Å²) in [5.74, 6) is 0. The van der Waals surface area contributed by atoms with Crippen LogP contribution in [0.1, 0.15) is 17.0 Å². The lowest BCUT2D eigenvalue weighted by Gasteiger charge is -2.09. The van der Waals surface area contributed by atoms with Gasteiger partial charge in [-0.1, -0.05) is 22.0 Å². The molecule has 108 valence electrons. The second-order valence-electron chi connectivity index (χ2n) is 4.35. The van der Waals surface area contributed by atoms with E-state index in [2.05, 4.69) is 30.8 Å². The number of rotatable bonds is 4. The monoisotopic (exact) mass is 359 g/mol. The summed E-state index contributed by atoms with van der Waals surface area (Å²) in [6, 6.07) is 5.16. The molecule has 0 aliphatic rings. The number of aliphatic hydroxyl groups excluding tert-OH is 1. The van der Waals surface area contributed by atoms with Crippen molar-refractivity contribution in [2.45, 2.75) is 25.3 Å². The summed E-state index contributed by atoms with van der Waals surface area (Å²) < 4.78 is 28.0. The number of aryl methyl sites for hydroxylation is 2. The first kappa shape index (κ1) is 15.0. The Morgan fingerprint density at radius 1 is 1.40 bits per heavy atom. The highest BCUT2D eigenvalue weighted by Gasteiger charge is 2.24. The van der Waals surface area contributed by atoms with E-state index in [0.717, 1.165) is 10.0 Å². The van der Waals surface area contributed by atoms with Crippen LogP contribution in [-0.4, -0.2) is 23.7 Å². The molecule has 1 heterocycles. The van der Waals surface area contributed by atoms with Crippen molar-refractivity contribution in [1.82, 2.24) is 10.2 Å². The number of hydrogen-bond acceptors (Lipinski definition) is 4. The first-order valence-corrected chi connectivity index (χ1v) is 8.06. The molecule has 0 saturated heterocycles. The first-order chi connectivity index (χ1) is 9.35. The summed E-state index contributed by atoms with van der Waals surface area (Å²) in [7, 11) is -3.80. The van der Waals surface area contributed by atoms with Crippen molar-refractivity contribution < 1.29 is 13.5 Å². The molecule has 0 atom stereocenters. The predicted molar refractivity (Wildman–Crippen MR) is 78.9 cm³/mol. The Bertz CT molecular complexity index is 740. The van der Waals surface area contributed by atoms with Gasteiger partial charge in [-0.3, -0.25) is 9.82 Å². The van der Waals surface area contributed by atoms with Gasteiger partial charge in [0.15, 0.2) is 0 Å². The molecule has 0 bridgehead atoms. The van der Waals surface area contributed by atoms with E-state index >= 15 is 0 Å². The minimum atomic E-state index is -3.80. The van der Waals surface area contributed by atoms with Crippen LogP contribution < -0.4 is 4.72 Å². The summed E-state index contributed by atoms with van der Waals surface area (Å²) in [5.41, 5.74) is 1.92. The SMILES string of the molecule is Cc1ccc(NS(=O)(=O)c2c(CO)n[nH]c2C)cc1Br. The van der Waals surface area contributed by atoms with Crippen LogP contribution in [0.4, 0.5) is 5.69 Å². The summed E-state index contributed by atoms with van der Waals surface area (Å²) in [6.45, 7) is 3.05. The van der Waals surface area contributed by atoms with Crippen molar-refractivity contribution in [3.05, 3.63) is 39.6 Å². The van der Waals surface area contributed by atoms with Crippen LogP contribution >= 0.6 is 15.9 Å². The third-order valence-corrected chi connectivity index (χ3v) is 5.24. The maximum absolute atomic E-state index is 12.4. The smallest absolute Gasteiger partial charge is 0.265 e. The number of nitrogens with zero attached hydrogens (tertiary/aromatic N) is 1. The molecular weight excluding hydrogens is 346 g/mol. The van der Waals surface area contributed by atoms with E-state index in [1.165, 1.54) is 0 Å². The molecule has 0 amide bonds. The maximum atomic E-state index is 12.4. The highest BCUT2D eigenvalue weighted by atomic mass is 79.9. The minimum absolute atomic E-state index is 0.0169. The van der Waals surface area contributed by atoms with Gasteiger partial charge in [0.1, 0.15) is 10.6 Å². The minimum Gasteiger partial charge on any atom is -0.390 e. The molecule has 0 spiro atoms. The van der Waals surface area contributed by atoms with Gasteiger partial charge >= 0.3 is 0 Å². The van der Waals surface area contributed by atoms with Crippen molar-refractivity contribution in [3.8, 4) is 0 Å². The molecule has 1 aromatic heterocycles. The molecule has 2 aromatic rings.